The first kappa shape index (κ1) is 21.3. The van der Waals surface area contributed by atoms with E-state index < -0.39 is 17.8 Å². The number of hydrazone groups is 1. The van der Waals surface area contributed by atoms with Gasteiger partial charge < -0.3 is 14.6 Å². The van der Waals surface area contributed by atoms with Gasteiger partial charge in [0.25, 0.3) is 0 Å². The molecule has 0 radical (unpaired) electrons. The standard InChI is InChI=1S/C22H23FN2O5/c1-29-16-9-10-17(20(12-16)30-2)18-13-19(14-5-3-6-15(23)11-14)25(24-18)21(26)7-4-8-22(27)28/h3,5-6,9-12,19H,4,7-8,13H2,1-2H3,(H,27,28)/t19-/m0/s1. The summed E-state index contributed by atoms with van der Waals surface area (Å²) in [6.07, 6.45) is 0.510. The Kier molecular flexibility index (Phi) is 6.66. The Morgan fingerprint density at radius 1 is 1.17 bits per heavy atom. The number of methoxy groups -OCH3 is 2. The highest BCUT2D eigenvalue weighted by Crippen LogP contribution is 2.36. The van der Waals surface area contributed by atoms with Gasteiger partial charge in [-0.1, -0.05) is 12.1 Å². The van der Waals surface area contributed by atoms with Gasteiger partial charge in [0.1, 0.15) is 17.3 Å². The molecule has 8 heteroatoms. The molecule has 30 heavy (non-hydrogen) atoms. The first-order chi connectivity index (χ1) is 14.4. The van der Waals surface area contributed by atoms with Gasteiger partial charge in [0.2, 0.25) is 5.91 Å². The molecular formula is C22H23FN2O5. The summed E-state index contributed by atoms with van der Waals surface area (Å²) in [6.45, 7) is 0. The molecule has 0 spiro atoms. The second-order valence-corrected chi connectivity index (χ2v) is 6.87. The van der Waals surface area contributed by atoms with Crippen LogP contribution in [0.4, 0.5) is 4.39 Å². The third kappa shape index (κ3) is 4.76. The number of carboxylic acid groups (broad SMARTS) is 1. The average Bonchev–Trinajstić information content (AvgIpc) is 3.18. The maximum absolute atomic E-state index is 13.8. The Morgan fingerprint density at radius 2 is 1.97 bits per heavy atom. The first-order valence-corrected chi connectivity index (χ1v) is 9.52. The molecule has 0 saturated heterocycles. The first-order valence-electron chi connectivity index (χ1n) is 9.52. The molecular weight excluding hydrogens is 391 g/mol. The predicted molar refractivity (Wildman–Crippen MR) is 108 cm³/mol. The van der Waals surface area contributed by atoms with Gasteiger partial charge in [0.05, 0.1) is 26.0 Å². The van der Waals surface area contributed by atoms with Gasteiger partial charge in [-0.3, -0.25) is 9.59 Å². The Morgan fingerprint density at radius 3 is 2.63 bits per heavy atom. The van der Waals surface area contributed by atoms with E-state index in [1.807, 2.05) is 0 Å². The average molecular weight is 414 g/mol. The van der Waals surface area contributed by atoms with Crippen molar-refractivity contribution in [1.29, 1.82) is 0 Å². The summed E-state index contributed by atoms with van der Waals surface area (Å²) in [5, 5.41) is 14.7. The number of hydrogen-bond donors (Lipinski definition) is 1. The van der Waals surface area contributed by atoms with Crippen LogP contribution in [0.15, 0.2) is 47.6 Å². The molecule has 2 aromatic rings. The number of carboxylic acids is 1. The number of aliphatic carboxylic acids is 1. The van der Waals surface area contributed by atoms with Gasteiger partial charge in [-0.15, -0.1) is 0 Å². The maximum Gasteiger partial charge on any atom is 0.303 e. The zero-order valence-corrected chi connectivity index (χ0v) is 16.8. The summed E-state index contributed by atoms with van der Waals surface area (Å²) in [7, 11) is 3.09. The molecule has 1 aliphatic rings. The number of carbonyl (C=O) groups is 2. The smallest absolute Gasteiger partial charge is 0.303 e. The topological polar surface area (TPSA) is 88.4 Å². The third-order valence-electron chi connectivity index (χ3n) is 4.90. The fourth-order valence-electron chi connectivity index (χ4n) is 3.42. The van der Waals surface area contributed by atoms with Crippen LogP contribution in [-0.2, 0) is 9.59 Å². The second-order valence-electron chi connectivity index (χ2n) is 6.87. The number of rotatable bonds is 8. The van der Waals surface area contributed by atoms with Crippen LogP contribution in [0.1, 0.15) is 42.9 Å². The zero-order valence-electron chi connectivity index (χ0n) is 16.8. The Hall–Kier alpha value is -3.42. The van der Waals surface area contributed by atoms with E-state index in [9.17, 15) is 14.0 Å². The molecule has 158 valence electrons. The van der Waals surface area contributed by atoms with E-state index in [0.29, 0.717) is 34.8 Å². The van der Waals surface area contributed by atoms with E-state index in [1.165, 1.54) is 24.3 Å². The zero-order chi connectivity index (χ0) is 21.7. The largest absolute Gasteiger partial charge is 0.497 e. The fraction of sp³-hybridized carbons (Fsp3) is 0.318. The lowest BCUT2D eigenvalue weighted by atomic mass is 9.97. The normalized spacial score (nSPS) is 15.6. The lowest BCUT2D eigenvalue weighted by molar-refractivity contribution is -0.137. The van der Waals surface area contributed by atoms with Crippen LogP contribution in [0.3, 0.4) is 0 Å². The molecule has 0 bridgehead atoms. The number of amides is 1. The molecule has 1 atom stereocenters. The van der Waals surface area contributed by atoms with Crippen molar-refractivity contribution in [2.75, 3.05) is 14.2 Å². The minimum atomic E-state index is -0.960. The molecule has 0 unspecified atom stereocenters. The monoisotopic (exact) mass is 414 g/mol. The summed E-state index contributed by atoms with van der Waals surface area (Å²) in [4.78, 5) is 23.6. The highest BCUT2D eigenvalue weighted by molar-refractivity contribution is 6.05. The molecule has 0 saturated carbocycles. The van der Waals surface area contributed by atoms with Gasteiger partial charge >= 0.3 is 5.97 Å². The van der Waals surface area contributed by atoms with Crippen molar-refractivity contribution < 1.29 is 28.6 Å². The van der Waals surface area contributed by atoms with Crippen molar-refractivity contribution in [1.82, 2.24) is 5.01 Å². The second kappa shape index (κ2) is 9.39. The van der Waals surface area contributed by atoms with E-state index >= 15 is 0 Å². The summed E-state index contributed by atoms with van der Waals surface area (Å²) >= 11 is 0. The Bertz CT molecular complexity index is 976. The molecule has 0 aliphatic carbocycles. The van der Waals surface area contributed by atoms with Crippen LogP contribution in [-0.4, -0.2) is 41.9 Å². The summed E-state index contributed by atoms with van der Waals surface area (Å²) < 4.78 is 24.5. The highest BCUT2D eigenvalue weighted by Gasteiger charge is 2.34. The Balaban J connectivity index is 1.93. The molecule has 3 rings (SSSR count). The third-order valence-corrected chi connectivity index (χ3v) is 4.90. The van der Waals surface area contributed by atoms with Crippen molar-refractivity contribution in [3.05, 3.63) is 59.4 Å². The minimum Gasteiger partial charge on any atom is -0.497 e. The molecule has 0 fully saturated rings. The lowest BCUT2D eigenvalue weighted by Gasteiger charge is -2.22. The van der Waals surface area contributed by atoms with Gasteiger partial charge in [-0.25, -0.2) is 9.40 Å². The van der Waals surface area contributed by atoms with E-state index in [2.05, 4.69) is 5.10 Å². The number of halogens is 1. The number of hydrogen-bond acceptors (Lipinski definition) is 5. The van der Waals surface area contributed by atoms with Crippen LogP contribution in [0.5, 0.6) is 11.5 Å². The fourth-order valence-corrected chi connectivity index (χ4v) is 3.42. The summed E-state index contributed by atoms with van der Waals surface area (Å²) in [5.74, 6) is -0.504. The van der Waals surface area contributed by atoms with Crippen LogP contribution >= 0.6 is 0 Å². The van der Waals surface area contributed by atoms with Crippen molar-refractivity contribution in [3.63, 3.8) is 0 Å². The predicted octanol–water partition coefficient (Wildman–Crippen LogP) is 3.78. The van der Waals surface area contributed by atoms with Crippen molar-refractivity contribution >= 4 is 17.6 Å². The van der Waals surface area contributed by atoms with Gasteiger partial charge in [-0.05, 0) is 36.2 Å². The van der Waals surface area contributed by atoms with E-state index in [-0.39, 0.29) is 25.2 Å². The Labute approximate surface area is 173 Å². The summed E-state index contributed by atoms with van der Waals surface area (Å²) in [5.41, 5.74) is 1.95. The van der Waals surface area contributed by atoms with E-state index in [4.69, 9.17) is 14.6 Å². The molecule has 1 N–H and O–H groups in total. The van der Waals surface area contributed by atoms with Crippen molar-refractivity contribution in [2.45, 2.75) is 31.7 Å². The van der Waals surface area contributed by atoms with Crippen LogP contribution in [0.2, 0.25) is 0 Å². The number of carbonyl (C=O) groups excluding carboxylic acids is 1. The van der Waals surface area contributed by atoms with Crippen molar-refractivity contribution in [3.8, 4) is 11.5 Å². The molecule has 7 nitrogen and oxygen atoms in total. The van der Waals surface area contributed by atoms with Crippen LogP contribution in [0, 0.1) is 5.82 Å². The minimum absolute atomic E-state index is 0.0364. The molecule has 1 amide bonds. The molecule has 1 heterocycles. The maximum atomic E-state index is 13.8. The quantitative estimate of drug-likeness (QED) is 0.710. The number of benzene rings is 2. The SMILES string of the molecule is COc1ccc(C2=NN(C(=O)CCCC(=O)O)[C@H](c3cccc(F)c3)C2)c(OC)c1. The van der Waals surface area contributed by atoms with E-state index in [0.717, 1.165) is 0 Å². The molecule has 2 aromatic carbocycles. The highest BCUT2D eigenvalue weighted by atomic mass is 19.1. The van der Waals surface area contributed by atoms with E-state index in [1.54, 1.807) is 37.4 Å². The van der Waals surface area contributed by atoms with Crippen molar-refractivity contribution in [2.24, 2.45) is 5.10 Å². The molecule has 0 aromatic heterocycles. The molecule has 1 aliphatic heterocycles. The van der Waals surface area contributed by atoms with Crippen LogP contribution in [0.25, 0.3) is 0 Å². The number of nitrogens with zero attached hydrogens (tertiary/aromatic N) is 2. The number of ether oxygens (including phenoxy) is 2. The summed E-state index contributed by atoms with van der Waals surface area (Å²) in [6, 6.07) is 10.9. The lowest BCUT2D eigenvalue weighted by Crippen LogP contribution is -2.27. The van der Waals surface area contributed by atoms with Gasteiger partial charge in [0.15, 0.2) is 0 Å². The van der Waals surface area contributed by atoms with Gasteiger partial charge in [0, 0.05) is 30.9 Å². The van der Waals surface area contributed by atoms with Crippen LogP contribution < -0.4 is 9.47 Å². The van der Waals surface area contributed by atoms with Gasteiger partial charge in [-0.2, -0.15) is 5.10 Å².